The number of carbonyl (C=O) groups is 2. The zero-order chi connectivity index (χ0) is 15.8. The van der Waals surface area contributed by atoms with Crippen molar-refractivity contribution < 1.29 is 9.59 Å². The highest BCUT2D eigenvalue weighted by Gasteiger charge is 2.27. The maximum atomic E-state index is 11.3. The molecule has 0 aliphatic carbocycles. The van der Waals surface area contributed by atoms with Gasteiger partial charge in [-0.15, -0.1) is 0 Å². The van der Waals surface area contributed by atoms with Crippen molar-refractivity contribution in [2.24, 2.45) is 11.7 Å². The van der Waals surface area contributed by atoms with Crippen molar-refractivity contribution in [2.45, 2.75) is 54.4 Å². The summed E-state index contributed by atoms with van der Waals surface area (Å²) < 4.78 is 0. The highest BCUT2D eigenvalue weighted by molar-refractivity contribution is 6.00. The number of nitrogens with one attached hydrogen (secondary N) is 1. The molecule has 0 aromatic rings. The molecular formula is C15H30N2O2. The van der Waals surface area contributed by atoms with Crippen LogP contribution in [-0.4, -0.2) is 11.8 Å². The zero-order valence-corrected chi connectivity index (χ0v) is 13.2. The number of rotatable bonds is 2. The monoisotopic (exact) mass is 270 g/mol. The number of carbonyl (C=O) groups excluding carboxylic acids is 2. The van der Waals surface area contributed by atoms with Gasteiger partial charge < -0.3 is 5.73 Å². The first kappa shape index (κ1) is 22.6. The minimum atomic E-state index is -0.319. The molecule has 1 aliphatic rings. The molecule has 0 aromatic heterocycles. The Morgan fingerprint density at radius 2 is 1.68 bits per heavy atom. The van der Waals surface area contributed by atoms with Gasteiger partial charge in [-0.3, -0.25) is 14.9 Å². The van der Waals surface area contributed by atoms with Crippen molar-refractivity contribution >= 4 is 11.8 Å². The van der Waals surface area contributed by atoms with Crippen LogP contribution in [-0.2, 0) is 9.59 Å². The van der Waals surface area contributed by atoms with Gasteiger partial charge in [-0.2, -0.15) is 0 Å². The summed E-state index contributed by atoms with van der Waals surface area (Å²) in [5.41, 5.74) is 5.98. The van der Waals surface area contributed by atoms with Gasteiger partial charge in [0.15, 0.2) is 0 Å². The van der Waals surface area contributed by atoms with Crippen LogP contribution < -0.4 is 11.1 Å². The maximum absolute atomic E-state index is 11.3. The van der Waals surface area contributed by atoms with E-state index in [1.54, 1.807) is 6.08 Å². The fraction of sp³-hybridized carbons (Fsp3) is 0.600. The molecule has 2 amide bonds. The van der Waals surface area contributed by atoms with Gasteiger partial charge in [0.05, 0.1) is 5.92 Å². The van der Waals surface area contributed by atoms with Crippen molar-refractivity contribution in [3.63, 3.8) is 0 Å². The lowest BCUT2D eigenvalue weighted by Crippen LogP contribution is -2.41. The van der Waals surface area contributed by atoms with Crippen LogP contribution in [0.2, 0.25) is 0 Å². The predicted octanol–water partition coefficient (Wildman–Crippen LogP) is 3.15. The second kappa shape index (κ2) is 16.4. The minimum Gasteiger partial charge on any atom is -0.404 e. The summed E-state index contributed by atoms with van der Waals surface area (Å²) in [7, 11) is 0. The van der Waals surface area contributed by atoms with Crippen molar-refractivity contribution in [1.29, 1.82) is 0 Å². The Labute approximate surface area is 118 Å². The Bertz CT molecular complexity index is 284. The SMILES string of the molecule is C=C/C(=C\N)C1CCC(=O)NC1=O.CC.CC.CC. The van der Waals surface area contributed by atoms with Crippen molar-refractivity contribution in [2.75, 3.05) is 0 Å². The van der Waals surface area contributed by atoms with Gasteiger partial charge in [0.1, 0.15) is 0 Å². The van der Waals surface area contributed by atoms with E-state index in [-0.39, 0.29) is 17.7 Å². The van der Waals surface area contributed by atoms with Gasteiger partial charge in [-0.25, -0.2) is 0 Å². The molecule has 1 aliphatic heterocycles. The van der Waals surface area contributed by atoms with Gasteiger partial charge >= 0.3 is 0 Å². The number of hydrogen-bond acceptors (Lipinski definition) is 3. The summed E-state index contributed by atoms with van der Waals surface area (Å²) in [5, 5.41) is 2.26. The molecule has 4 heteroatoms. The van der Waals surface area contributed by atoms with Crippen LogP contribution in [0.3, 0.4) is 0 Å². The Morgan fingerprint density at radius 3 is 2.00 bits per heavy atom. The Hall–Kier alpha value is -1.58. The highest BCUT2D eigenvalue weighted by Crippen LogP contribution is 2.20. The van der Waals surface area contributed by atoms with E-state index >= 15 is 0 Å². The minimum absolute atomic E-state index is 0.221. The quantitative estimate of drug-likeness (QED) is 0.598. The number of piperidine rings is 1. The van der Waals surface area contributed by atoms with Crippen LogP contribution in [0.4, 0.5) is 0 Å². The number of hydrogen-bond donors (Lipinski definition) is 2. The first-order valence-electron chi connectivity index (χ1n) is 7.07. The van der Waals surface area contributed by atoms with Crippen LogP contribution in [0.25, 0.3) is 0 Å². The molecule has 0 radical (unpaired) electrons. The topological polar surface area (TPSA) is 72.2 Å². The summed E-state index contributed by atoms with van der Waals surface area (Å²) in [6.07, 6.45) is 3.77. The first-order valence-corrected chi connectivity index (χ1v) is 7.07. The van der Waals surface area contributed by atoms with Crippen LogP contribution in [0, 0.1) is 5.92 Å². The van der Waals surface area contributed by atoms with E-state index in [1.807, 2.05) is 41.5 Å². The molecule has 1 unspecified atom stereocenters. The van der Waals surface area contributed by atoms with E-state index in [4.69, 9.17) is 5.73 Å². The highest BCUT2D eigenvalue weighted by atomic mass is 16.2. The molecule has 1 atom stereocenters. The predicted molar refractivity (Wildman–Crippen MR) is 82.4 cm³/mol. The fourth-order valence-electron chi connectivity index (χ4n) is 1.34. The van der Waals surface area contributed by atoms with Gasteiger partial charge in [0.25, 0.3) is 0 Å². The van der Waals surface area contributed by atoms with E-state index in [2.05, 4.69) is 11.9 Å². The fourth-order valence-corrected chi connectivity index (χ4v) is 1.34. The molecule has 1 rings (SSSR count). The van der Waals surface area contributed by atoms with Crippen molar-refractivity contribution in [3.8, 4) is 0 Å². The number of imide groups is 1. The van der Waals surface area contributed by atoms with E-state index in [0.717, 1.165) is 0 Å². The third kappa shape index (κ3) is 9.05. The van der Waals surface area contributed by atoms with Crippen LogP contribution in [0.1, 0.15) is 54.4 Å². The summed E-state index contributed by atoms with van der Waals surface area (Å²) in [6, 6.07) is 0. The van der Waals surface area contributed by atoms with Crippen molar-refractivity contribution in [1.82, 2.24) is 5.32 Å². The lowest BCUT2D eigenvalue weighted by atomic mass is 9.91. The molecule has 112 valence electrons. The standard InChI is InChI=1S/C9H12N2O2.3C2H6/c1-2-6(5-10)7-3-4-8(12)11-9(7)13;3*1-2/h2,5,7H,1,3-4,10H2,(H,11,12,13);3*1-2H3/b6-5+;;;. The summed E-state index contributed by atoms with van der Waals surface area (Å²) in [6.45, 7) is 15.5. The van der Waals surface area contributed by atoms with Crippen LogP contribution in [0.15, 0.2) is 24.4 Å². The molecule has 1 saturated heterocycles. The Balaban J connectivity index is -0.000000375. The third-order valence-electron chi connectivity index (χ3n) is 2.07. The van der Waals surface area contributed by atoms with E-state index < -0.39 is 0 Å². The lowest BCUT2D eigenvalue weighted by Gasteiger charge is -2.21. The van der Waals surface area contributed by atoms with Gasteiger partial charge in [-0.05, 0) is 18.2 Å². The molecular weight excluding hydrogens is 240 g/mol. The second-order valence-electron chi connectivity index (χ2n) is 2.87. The number of amides is 2. The molecule has 19 heavy (non-hydrogen) atoms. The van der Waals surface area contributed by atoms with E-state index in [1.165, 1.54) is 6.20 Å². The third-order valence-corrected chi connectivity index (χ3v) is 2.07. The largest absolute Gasteiger partial charge is 0.404 e. The smallest absolute Gasteiger partial charge is 0.234 e. The lowest BCUT2D eigenvalue weighted by molar-refractivity contribution is -0.135. The zero-order valence-electron chi connectivity index (χ0n) is 13.2. The molecule has 4 nitrogen and oxygen atoms in total. The average Bonchev–Trinajstić information content (AvgIpc) is 2.49. The van der Waals surface area contributed by atoms with Crippen LogP contribution >= 0.6 is 0 Å². The molecule has 0 bridgehead atoms. The summed E-state index contributed by atoms with van der Waals surface area (Å²) in [5.74, 6) is -0.824. The summed E-state index contributed by atoms with van der Waals surface area (Å²) in [4.78, 5) is 22.1. The van der Waals surface area contributed by atoms with Gasteiger partial charge in [0, 0.05) is 6.42 Å². The van der Waals surface area contributed by atoms with E-state index in [9.17, 15) is 9.59 Å². The number of nitrogens with two attached hydrogens (primary N) is 1. The number of allylic oxidation sites excluding steroid dienone is 1. The molecule has 3 N–H and O–H groups in total. The molecule has 0 aromatic carbocycles. The molecule has 0 spiro atoms. The average molecular weight is 270 g/mol. The normalized spacial score (nSPS) is 17.4. The maximum Gasteiger partial charge on any atom is 0.234 e. The molecule has 1 heterocycles. The second-order valence-corrected chi connectivity index (χ2v) is 2.87. The van der Waals surface area contributed by atoms with E-state index in [0.29, 0.717) is 18.4 Å². The molecule has 0 saturated carbocycles. The summed E-state index contributed by atoms with van der Waals surface area (Å²) >= 11 is 0. The van der Waals surface area contributed by atoms with Crippen molar-refractivity contribution in [3.05, 3.63) is 24.4 Å². The van der Waals surface area contributed by atoms with Gasteiger partial charge in [-0.1, -0.05) is 54.2 Å². The molecule has 1 fully saturated rings. The first-order chi connectivity index (χ1) is 9.19. The van der Waals surface area contributed by atoms with Crippen LogP contribution in [0.5, 0.6) is 0 Å². The van der Waals surface area contributed by atoms with Gasteiger partial charge in [0.2, 0.25) is 11.8 Å². The Morgan fingerprint density at radius 1 is 1.21 bits per heavy atom. The Kier molecular flexibility index (Phi) is 19.5.